The molecule has 1 heteroatoms. The summed E-state index contributed by atoms with van der Waals surface area (Å²) in [5.74, 6) is 0.829. The van der Waals surface area contributed by atoms with Crippen molar-refractivity contribution in [2.24, 2.45) is 11.7 Å². The molecule has 0 aromatic rings. The summed E-state index contributed by atoms with van der Waals surface area (Å²) < 4.78 is 0. The van der Waals surface area contributed by atoms with Gasteiger partial charge in [-0.3, -0.25) is 0 Å². The van der Waals surface area contributed by atoms with E-state index in [9.17, 15) is 0 Å². The standard InChI is InChI=1S/C4H9N/c1-3-2-4(3)5/h3-4H,2,5H2,1H3/t3-,4?/m0/s1. The van der Waals surface area contributed by atoms with Crippen LogP contribution in [-0.2, 0) is 0 Å². The van der Waals surface area contributed by atoms with Crippen molar-refractivity contribution in [1.82, 2.24) is 0 Å². The zero-order valence-electron chi connectivity index (χ0n) is 3.44. The van der Waals surface area contributed by atoms with E-state index in [-0.39, 0.29) is 0 Å². The van der Waals surface area contributed by atoms with E-state index in [0.717, 1.165) is 5.92 Å². The molecule has 1 unspecified atom stereocenters. The molecule has 1 aliphatic rings. The second kappa shape index (κ2) is 0.716. The summed E-state index contributed by atoms with van der Waals surface area (Å²) in [7, 11) is 0. The van der Waals surface area contributed by atoms with Gasteiger partial charge < -0.3 is 5.73 Å². The van der Waals surface area contributed by atoms with Gasteiger partial charge in [0, 0.05) is 6.04 Å². The minimum Gasteiger partial charge on any atom is -0.327 e. The van der Waals surface area contributed by atoms with Gasteiger partial charge in [-0.05, 0) is 12.3 Å². The molecule has 0 aromatic heterocycles. The van der Waals surface area contributed by atoms with E-state index in [1.165, 1.54) is 6.42 Å². The van der Waals surface area contributed by atoms with Crippen LogP contribution in [0.2, 0.25) is 0 Å². The van der Waals surface area contributed by atoms with E-state index in [1.807, 2.05) is 0 Å². The van der Waals surface area contributed by atoms with Crippen LogP contribution in [0.25, 0.3) is 0 Å². The lowest BCUT2D eigenvalue weighted by Crippen LogP contribution is -1.98. The first kappa shape index (κ1) is 3.16. The zero-order valence-corrected chi connectivity index (χ0v) is 3.44. The van der Waals surface area contributed by atoms with Gasteiger partial charge in [0.15, 0.2) is 0 Å². The maximum atomic E-state index is 5.37. The van der Waals surface area contributed by atoms with Crippen LogP contribution in [0.15, 0.2) is 0 Å². The monoisotopic (exact) mass is 71.1 g/mol. The molecule has 1 nitrogen and oxygen atoms in total. The van der Waals surface area contributed by atoms with Crippen LogP contribution in [-0.4, -0.2) is 6.04 Å². The fourth-order valence-corrected chi connectivity index (χ4v) is 0.351. The molecule has 0 amide bonds. The molecular formula is C4H9N. The Morgan fingerprint density at radius 1 is 1.80 bits per heavy atom. The molecular weight excluding hydrogens is 62.1 g/mol. The van der Waals surface area contributed by atoms with E-state index in [1.54, 1.807) is 0 Å². The zero-order chi connectivity index (χ0) is 3.86. The van der Waals surface area contributed by atoms with Gasteiger partial charge >= 0.3 is 0 Å². The largest absolute Gasteiger partial charge is 0.327 e. The summed E-state index contributed by atoms with van der Waals surface area (Å²) in [4.78, 5) is 0. The number of rotatable bonds is 0. The van der Waals surface area contributed by atoms with Crippen molar-refractivity contribution in [2.45, 2.75) is 19.4 Å². The molecule has 0 radical (unpaired) electrons. The van der Waals surface area contributed by atoms with Crippen LogP contribution < -0.4 is 5.73 Å². The van der Waals surface area contributed by atoms with Crippen LogP contribution in [0.1, 0.15) is 13.3 Å². The Balaban J connectivity index is 2.20. The first-order valence-corrected chi connectivity index (χ1v) is 2.06. The molecule has 0 bridgehead atoms. The molecule has 1 rings (SSSR count). The van der Waals surface area contributed by atoms with Gasteiger partial charge in [0.1, 0.15) is 0 Å². The van der Waals surface area contributed by atoms with E-state index in [4.69, 9.17) is 5.73 Å². The highest BCUT2D eigenvalue weighted by molar-refractivity contribution is 4.85. The molecule has 30 valence electrons. The number of hydrogen-bond donors (Lipinski definition) is 1. The normalized spacial score (nSPS) is 49.2. The fraction of sp³-hybridized carbons (Fsp3) is 1.00. The van der Waals surface area contributed by atoms with Crippen LogP contribution in [0.4, 0.5) is 0 Å². The van der Waals surface area contributed by atoms with Gasteiger partial charge in [-0.1, -0.05) is 6.92 Å². The van der Waals surface area contributed by atoms with Crippen molar-refractivity contribution in [1.29, 1.82) is 0 Å². The highest BCUT2D eigenvalue weighted by atomic mass is 14.7. The average molecular weight is 71.1 g/mol. The van der Waals surface area contributed by atoms with Gasteiger partial charge in [-0.25, -0.2) is 0 Å². The first-order valence-electron chi connectivity index (χ1n) is 2.06. The molecule has 1 saturated carbocycles. The van der Waals surface area contributed by atoms with Gasteiger partial charge in [0.05, 0.1) is 0 Å². The van der Waals surface area contributed by atoms with Crippen molar-refractivity contribution in [3.8, 4) is 0 Å². The topological polar surface area (TPSA) is 26.0 Å². The van der Waals surface area contributed by atoms with Crippen LogP contribution in [0.5, 0.6) is 0 Å². The van der Waals surface area contributed by atoms with E-state index in [0.29, 0.717) is 6.04 Å². The molecule has 0 heterocycles. The highest BCUT2D eigenvalue weighted by Gasteiger charge is 2.27. The lowest BCUT2D eigenvalue weighted by atomic mass is 10.5. The summed E-state index contributed by atoms with van der Waals surface area (Å²) in [6, 6.07) is 0.551. The summed E-state index contributed by atoms with van der Waals surface area (Å²) in [6.45, 7) is 2.17. The minimum absolute atomic E-state index is 0.551. The lowest BCUT2D eigenvalue weighted by Gasteiger charge is -1.69. The molecule has 1 fully saturated rings. The summed E-state index contributed by atoms with van der Waals surface area (Å²) in [5.41, 5.74) is 5.37. The third-order valence-corrected chi connectivity index (χ3v) is 1.17. The fourth-order valence-electron chi connectivity index (χ4n) is 0.351. The number of hydrogen-bond acceptors (Lipinski definition) is 1. The summed E-state index contributed by atoms with van der Waals surface area (Å²) in [6.07, 6.45) is 1.25. The molecule has 2 atom stereocenters. The third-order valence-electron chi connectivity index (χ3n) is 1.17. The van der Waals surface area contributed by atoms with E-state index >= 15 is 0 Å². The second-order valence-corrected chi connectivity index (χ2v) is 1.88. The van der Waals surface area contributed by atoms with Crippen LogP contribution in [0, 0.1) is 5.92 Å². The molecule has 2 N–H and O–H groups in total. The van der Waals surface area contributed by atoms with Gasteiger partial charge in [0.2, 0.25) is 0 Å². The first-order chi connectivity index (χ1) is 2.30. The minimum atomic E-state index is 0.551. The van der Waals surface area contributed by atoms with Crippen molar-refractivity contribution >= 4 is 0 Å². The molecule has 5 heavy (non-hydrogen) atoms. The predicted molar refractivity (Wildman–Crippen MR) is 21.8 cm³/mol. The van der Waals surface area contributed by atoms with Gasteiger partial charge in [-0.15, -0.1) is 0 Å². The maximum Gasteiger partial charge on any atom is 0.00682 e. The predicted octanol–water partition coefficient (Wildman–Crippen LogP) is 0.354. The smallest absolute Gasteiger partial charge is 0.00682 e. The summed E-state index contributed by atoms with van der Waals surface area (Å²) in [5, 5.41) is 0. The Labute approximate surface area is 32.2 Å². The van der Waals surface area contributed by atoms with Crippen LogP contribution >= 0.6 is 0 Å². The lowest BCUT2D eigenvalue weighted by molar-refractivity contribution is 0.895. The summed E-state index contributed by atoms with van der Waals surface area (Å²) >= 11 is 0. The average Bonchev–Trinajstić information content (AvgIpc) is 1.79. The Kier molecular flexibility index (Phi) is 0.453. The van der Waals surface area contributed by atoms with Gasteiger partial charge in [-0.2, -0.15) is 0 Å². The molecule has 0 aliphatic heterocycles. The van der Waals surface area contributed by atoms with Crippen molar-refractivity contribution in [2.75, 3.05) is 0 Å². The molecule has 0 saturated heterocycles. The van der Waals surface area contributed by atoms with Crippen molar-refractivity contribution < 1.29 is 0 Å². The Bertz CT molecular complexity index is 36.9. The second-order valence-electron chi connectivity index (χ2n) is 1.88. The SMILES string of the molecule is C[C@H]1CC1N. The Hall–Kier alpha value is -0.0400. The Morgan fingerprint density at radius 2 is 2.00 bits per heavy atom. The molecule has 1 aliphatic carbocycles. The molecule has 0 spiro atoms. The van der Waals surface area contributed by atoms with E-state index in [2.05, 4.69) is 6.92 Å². The van der Waals surface area contributed by atoms with Crippen molar-refractivity contribution in [3.63, 3.8) is 0 Å². The van der Waals surface area contributed by atoms with E-state index < -0.39 is 0 Å². The van der Waals surface area contributed by atoms with Crippen molar-refractivity contribution in [3.05, 3.63) is 0 Å². The van der Waals surface area contributed by atoms with Crippen LogP contribution in [0.3, 0.4) is 0 Å². The molecule has 0 aromatic carbocycles. The third kappa shape index (κ3) is 0.428. The maximum absolute atomic E-state index is 5.37. The number of nitrogens with two attached hydrogens (primary N) is 1. The highest BCUT2D eigenvalue weighted by Crippen LogP contribution is 2.25. The quantitative estimate of drug-likeness (QED) is 0.438. The van der Waals surface area contributed by atoms with Gasteiger partial charge in [0.25, 0.3) is 0 Å². The Morgan fingerprint density at radius 3 is 2.00 bits per heavy atom.